The summed E-state index contributed by atoms with van der Waals surface area (Å²) < 4.78 is 26.3. The number of hydrogen-bond donors (Lipinski definition) is 1. The molecule has 25 heavy (non-hydrogen) atoms. The highest BCUT2D eigenvalue weighted by molar-refractivity contribution is 7.89. The van der Waals surface area contributed by atoms with Gasteiger partial charge in [-0.1, -0.05) is 44.2 Å². The fourth-order valence-corrected chi connectivity index (χ4v) is 4.09. The van der Waals surface area contributed by atoms with Crippen LogP contribution in [0, 0.1) is 0 Å². The van der Waals surface area contributed by atoms with Crippen molar-refractivity contribution in [2.45, 2.75) is 44.6 Å². The minimum atomic E-state index is -3.45. The molecule has 2 rings (SSSR count). The average molecular weight is 362 g/mol. The summed E-state index contributed by atoms with van der Waals surface area (Å²) in [5.41, 5.74) is 1.31. The number of benzene rings is 1. The van der Waals surface area contributed by atoms with Crippen LogP contribution in [0.4, 0.5) is 5.82 Å². The van der Waals surface area contributed by atoms with Gasteiger partial charge in [-0.05, 0) is 37.5 Å². The maximum Gasteiger partial charge on any atom is 0.244 e. The molecule has 5 nitrogen and oxygen atoms in total. The molecule has 0 fully saturated rings. The third kappa shape index (κ3) is 5.28. The Kier molecular flexibility index (Phi) is 6.96. The number of aryl methyl sites for hydroxylation is 1. The lowest BCUT2D eigenvalue weighted by Crippen LogP contribution is -2.30. The summed E-state index contributed by atoms with van der Waals surface area (Å²) in [7, 11) is -3.45. The summed E-state index contributed by atoms with van der Waals surface area (Å²) in [6.07, 6.45) is 3.40. The summed E-state index contributed by atoms with van der Waals surface area (Å²) in [5.74, 6) is 0.694. The number of hydrogen-bond acceptors (Lipinski definition) is 4. The topological polar surface area (TPSA) is 62.3 Å². The molecule has 1 aromatic carbocycles. The van der Waals surface area contributed by atoms with E-state index in [0.717, 1.165) is 12.8 Å². The summed E-state index contributed by atoms with van der Waals surface area (Å²) in [5, 5.41) is 3.33. The van der Waals surface area contributed by atoms with E-state index in [1.54, 1.807) is 12.1 Å². The van der Waals surface area contributed by atoms with E-state index in [1.165, 1.54) is 16.1 Å². The van der Waals surface area contributed by atoms with Gasteiger partial charge < -0.3 is 5.32 Å². The molecule has 6 heteroatoms. The first kappa shape index (κ1) is 19.4. The Balaban J connectivity index is 1.95. The highest BCUT2D eigenvalue weighted by Crippen LogP contribution is 2.17. The summed E-state index contributed by atoms with van der Waals surface area (Å²) >= 11 is 0. The van der Waals surface area contributed by atoms with Crippen molar-refractivity contribution in [3.63, 3.8) is 0 Å². The smallest absolute Gasteiger partial charge is 0.244 e. The van der Waals surface area contributed by atoms with Gasteiger partial charge in [0.25, 0.3) is 0 Å². The van der Waals surface area contributed by atoms with Gasteiger partial charge in [0.1, 0.15) is 10.7 Å². The molecule has 0 unspecified atom stereocenters. The molecule has 1 heterocycles. The average Bonchev–Trinajstić information content (AvgIpc) is 2.62. The van der Waals surface area contributed by atoms with E-state index in [2.05, 4.69) is 29.4 Å². The molecular weight excluding hydrogens is 334 g/mol. The first-order chi connectivity index (χ1) is 12.0. The minimum absolute atomic E-state index is 0.235. The predicted molar refractivity (Wildman–Crippen MR) is 102 cm³/mol. The largest absolute Gasteiger partial charge is 0.368 e. The molecule has 0 amide bonds. The Labute approximate surface area is 151 Å². The summed E-state index contributed by atoms with van der Waals surface area (Å²) in [6.45, 7) is 6.67. The number of aromatic nitrogens is 1. The fourth-order valence-electron chi connectivity index (χ4n) is 2.68. The second-order valence-corrected chi connectivity index (χ2v) is 7.98. The molecule has 1 atom stereocenters. The maximum absolute atomic E-state index is 12.5. The fraction of sp³-hybridized carbons (Fsp3) is 0.421. The van der Waals surface area contributed by atoms with Crippen LogP contribution in [0.1, 0.15) is 32.8 Å². The van der Waals surface area contributed by atoms with Crippen molar-refractivity contribution in [1.29, 1.82) is 0 Å². The highest BCUT2D eigenvalue weighted by Gasteiger charge is 2.21. The summed E-state index contributed by atoms with van der Waals surface area (Å²) in [6, 6.07) is 14.0. The third-order valence-corrected chi connectivity index (χ3v) is 6.22. The van der Waals surface area contributed by atoms with Crippen molar-refractivity contribution in [3.8, 4) is 0 Å². The predicted octanol–water partition coefficient (Wildman–Crippen LogP) is 3.55. The van der Waals surface area contributed by atoms with Crippen LogP contribution in [0.2, 0.25) is 0 Å². The Morgan fingerprint density at radius 2 is 1.76 bits per heavy atom. The van der Waals surface area contributed by atoms with Crippen molar-refractivity contribution in [2.75, 3.05) is 18.4 Å². The van der Waals surface area contributed by atoms with Crippen molar-refractivity contribution in [3.05, 3.63) is 54.2 Å². The lowest BCUT2D eigenvalue weighted by Gasteiger charge is -2.19. The van der Waals surface area contributed by atoms with Gasteiger partial charge >= 0.3 is 0 Å². The van der Waals surface area contributed by atoms with E-state index >= 15 is 0 Å². The van der Waals surface area contributed by atoms with Crippen LogP contribution in [0.5, 0.6) is 0 Å². The van der Waals surface area contributed by atoms with E-state index in [9.17, 15) is 8.42 Å². The van der Waals surface area contributed by atoms with Gasteiger partial charge in [0.05, 0.1) is 0 Å². The quantitative estimate of drug-likeness (QED) is 0.742. The van der Waals surface area contributed by atoms with E-state index in [4.69, 9.17) is 0 Å². The maximum atomic E-state index is 12.5. The zero-order chi connectivity index (χ0) is 18.3. The monoisotopic (exact) mass is 361 g/mol. The molecule has 0 radical (unpaired) electrons. The number of anilines is 1. The van der Waals surface area contributed by atoms with Gasteiger partial charge in [0.2, 0.25) is 10.0 Å². The van der Waals surface area contributed by atoms with E-state index < -0.39 is 10.0 Å². The Morgan fingerprint density at radius 1 is 1.08 bits per heavy atom. The highest BCUT2D eigenvalue weighted by atomic mass is 32.2. The number of nitrogens with zero attached hydrogens (tertiary/aromatic N) is 2. The number of nitrogens with one attached hydrogen (secondary N) is 1. The Hall–Kier alpha value is -1.92. The third-order valence-electron chi connectivity index (χ3n) is 4.18. The standard InChI is InChI=1S/C19H27N3O2S/c1-4-22(5-2)25(23,24)18-13-14-19(20-15-18)21-16(3)11-12-17-9-7-6-8-10-17/h6-10,13-16H,4-5,11-12H2,1-3H3,(H,20,21)/t16-/m1/s1. The van der Waals surface area contributed by atoms with E-state index in [-0.39, 0.29) is 10.9 Å². The Bertz CT molecular complexity index is 742. The van der Waals surface area contributed by atoms with Crippen LogP contribution in [0.3, 0.4) is 0 Å². The number of sulfonamides is 1. The van der Waals surface area contributed by atoms with Gasteiger partial charge in [-0.25, -0.2) is 13.4 Å². The van der Waals surface area contributed by atoms with Crippen LogP contribution in [-0.2, 0) is 16.4 Å². The van der Waals surface area contributed by atoms with Gasteiger partial charge in [-0.2, -0.15) is 4.31 Å². The molecule has 1 N–H and O–H groups in total. The molecule has 0 spiro atoms. The van der Waals surface area contributed by atoms with E-state index in [1.807, 2.05) is 32.0 Å². The van der Waals surface area contributed by atoms with Crippen LogP contribution in [-0.4, -0.2) is 36.8 Å². The second-order valence-electron chi connectivity index (χ2n) is 6.04. The molecule has 0 aliphatic carbocycles. The molecule has 0 saturated heterocycles. The van der Waals surface area contributed by atoms with Crippen molar-refractivity contribution >= 4 is 15.8 Å². The van der Waals surface area contributed by atoms with Gasteiger partial charge in [-0.3, -0.25) is 0 Å². The molecule has 0 aliphatic rings. The second kappa shape index (κ2) is 8.97. The van der Waals surface area contributed by atoms with Crippen molar-refractivity contribution < 1.29 is 8.42 Å². The first-order valence-electron chi connectivity index (χ1n) is 8.74. The van der Waals surface area contributed by atoms with Gasteiger partial charge in [-0.15, -0.1) is 0 Å². The van der Waals surface area contributed by atoms with Crippen molar-refractivity contribution in [2.24, 2.45) is 0 Å². The normalized spacial score (nSPS) is 13.0. The van der Waals surface area contributed by atoms with Gasteiger partial charge in [0, 0.05) is 25.3 Å². The lowest BCUT2D eigenvalue weighted by atomic mass is 10.1. The molecule has 0 saturated carbocycles. The zero-order valence-electron chi connectivity index (χ0n) is 15.1. The molecular formula is C19H27N3O2S. The van der Waals surface area contributed by atoms with Crippen LogP contribution >= 0.6 is 0 Å². The Morgan fingerprint density at radius 3 is 2.32 bits per heavy atom. The first-order valence-corrected chi connectivity index (χ1v) is 10.2. The summed E-state index contributed by atoms with van der Waals surface area (Å²) in [4.78, 5) is 4.51. The molecule has 2 aromatic rings. The van der Waals surface area contributed by atoms with E-state index in [0.29, 0.717) is 18.9 Å². The van der Waals surface area contributed by atoms with Crippen LogP contribution < -0.4 is 5.32 Å². The van der Waals surface area contributed by atoms with Crippen LogP contribution in [0.15, 0.2) is 53.6 Å². The molecule has 0 bridgehead atoms. The van der Waals surface area contributed by atoms with Gasteiger partial charge in [0.15, 0.2) is 0 Å². The minimum Gasteiger partial charge on any atom is -0.368 e. The van der Waals surface area contributed by atoms with Crippen molar-refractivity contribution in [1.82, 2.24) is 9.29 Å². The molecule has 1 aromatic heterocycles. The number of pyridine rings is 1. The SMILES string of the molecule is CCN(CC)S(=O)(=O)c1ccc(N[C@H](C)CCc2ccccc2)nc1. The number of rotatable bonds is 9. The molecule has 0 aliphatic heterocycles. The zero-order valence-corrected chi connectivity index (χ0v) is 16.0. The lowest BCUT2D eigenvalue weighted by molar-refractivity contribution is 0.445. The van der Waals surface area contributed by atoms with Crippen LogP contribution in [0.25, 0.3) is 0 Å². The molecule has 136 valence electrons.